The van der Waals surface area contributed by atoms with Gasteiger partial charge in [-0.25, -0.2) is 4.79 Å². The first-order valence-electron chi connectivity index (χ1n) is 4.69. The van der Waals surface area contributed by atoms with Crippen molar-refractivity contribution in [2.24, 2.45) is 0 Å². The van der Waals surface area contributed by atoms with E-state index in [0.717, 1.165) is 12.6 Å². The molecule has 0 aliphatic rings. The highest BCUT2D eigenvalue weighted by atomic mass is 32.1. The predicted octanol–water partition coefficient (Wildman–Crippen LogP) is 2.21. The molecule has 1 aromatic heterocycles. The first kappa shape index (κ1) is 11.8. The normalized spacial score (nSPS) is 11.9. The summed E-state index contributed by atoms with van der Waals surface area (Å²) in [4.78, 5) is 11.5. The summed E-state index contributed by atoms with van der Waals surface area (Å²) in [6, 6.07) is 4.11. The number of carboxylic acids is 1. The van der Waals surface area contributed by atoms with E-state index in [2.05, 4.69) is 25.2 Å². The van der Waals surface area contributed by atoms with Crippen LogP contribution < -0.4 is 5.32 Å². The molecule has 1 rings (SSSR count). The SMILES string of the molecule is CC(C)(CN/C=C/C(=O)O)c1cccs1. The van der Waals surface area contributed by atoms with Crippen LogP contribution in [0.1, 0.15) is 18.7 Å². The fraction of sp³-hybridized carbons (Fsp3) is 0.364. The molecule has 0 saturated carbocycles. The van der Waals surface area contributed by atoms with Crippen molar-refractivity contribution in [3.63, 3.8) is 0 Å². The Morgan fingerprint density at radius 3 is 2.93 bits per heavy atom. The van der Waals surface area contributed by atoms with Crippen molar-refractivity contribution in [1.29, 1.82) is 0 Å². The summed E-state index contributed by atoms with van der Waals surface area (Å²) in [5, 5.41) is 13.4. The summed E-state index contributed by atoms with van der Waals surface area (Å²) >= 11 is 1.71. The maximum atomic E-state index is 10.2. The standard InChI is InChI=1S/C11H15NO2S/c1-11(2,9-4-3-7-15-9)8-12-6-5-10(13)14/h3-7,12H,8H2,1-2H3,(H,13,14)/b6-5+. The molecule has 0 bridgehead atoms. The number of hydrogen-bond donors (Lipinski definition) is 2. The highest BCUT2D eigenvalue weighted by molar-refractivity contribution is 7.10. The van der Waals surface area contributed by atoms with Gasteiger partial charge in [-0.15, -0.1) is 11.3 Å². The fourth-order valence-corrected chi connectivity index (χ4v) is 2.05. The van der Waals surface area contributed by atoms with Crippen LogP contribution in [0.15, 0.2) is 29.8 Å². The maximum Gasteiger partial charge on any atom is 0.329 e. The minimum Gasteiger partial charge on any atom is -0.478 e. The van der Waals surface area contributed by atoms with E-state index in [1.807, 2.05) is 11.4 Å². The molecule has 2 N–H and O–H groups in total. The van der Waals surface area contributed by atoms with E-state index in [0.29, 0.717) is 0 Å². The minimum atomic E-state index is -0.934. The van der Waals surface area contributed by atoms with Crippen LogP contribution in [0, 0.1) is 0 Å². The van der Waals surface area contributed by atoms with E-state index >= 15 is 0 Å². The van der Waals surface area contributed by atoms with Crippen molar-refractivity contribution in [2.45, 2.75) is 19.3 Å². The monoisotopic (exact) mass is 225 g/mol. The van der Waals surface area contributed by atoms with Gasteiger partial charge in [0.05, 0.1) is 0 Å². The van der Waals surface area contributed by atoms with E-state index in [9.17, 15) is 4.79 Å². The molecule has 0 aliphatic heterocycles. The zero-order valence-electron chi connectivity index (χ0n) is 8.86. The van der Waals surface area contributed by atoms with E-state index in [1.165, 1.54) is 11.1 Å². The van der Waals surface area contributed by atoms with Crippen LogP contribution in [0.3, 0.4) is 0 Å². The molecule has 0 atom stereocenters. The van der Waals surface area contributed by atoms with Gasteiger partial charge in [-0.2, -0.15) is 0 Å². The van der Waals surface area contributed by atoms with Crippen LogP contribution in [0.2, 0.25) is 0 Å². The average Bonchev–Trinajstić information content (AvgIpc) is 2.65. The fourth-order valence-electron chi connectivity index (χ4n) is 1.20. The lowest BCUT2D eigenvalue weighted by Gasteiger charge is -2.22. The van der Waals surface area contributed by atoms with Gasteiger partial charge in [0.25, 0.3) is 0 Å². The van der Waals surface area contributed by atoms with Gasteiger partial charge in [0, 0.05) is 29.1 Å². The molecule has 3 nitrogen and oxygen atoms in total. The van der Waals surface area contributed by atoms with Crippen LogP contribution in [-0.4, -0.2) is 17.6 Å². The van der Waals surface area contributed by atoms with Crippen molar-refractivity contribution in [3.8, 4) is 0 Å². The lowest BCUT2D eigenvalue weighted by molar-refractivity contribution is -0.131. The zero-order chi connectivity index (χ0) is 11.3. The Hall–Kier alpha value is -1.29. The Morgan fingerprint density at radius 1 is 1.67 bits per heavy atom. The first-order chi connectivity index (χ1) is 7.02. The van der Waals surface area contributed by atoms with Gasteiger partial charge in [0.1, 0.15) is 0 Å². The average molecular weight is 225 g/mol. The Balaban J connectivity index is 2.47. The smallest absolute Gasteiger partial charge is 0.329 e. The molecule has 0 aromatic carbocycles. The molecule has 0 radical (unpaired) electrons. The van der Waals surface area contributed by atoms with Gasteiger partial charge in [0.2, 0.25) is 0 Å². The van der Waals surface area contributed by atoms with Crippen molar-refractivity contribution < 1.29 is 9.90 Å². The summed E-state index contributed by atoms with van der Waals surface area (Å²) in [6.45, 7) is 4.97. The van der Waals surface area contributed by atoms with E-state index in [-0.39, 0.29) is 5.41 Å². The molecule has 0 amide bonds. The highest BCUT2D eigenvalue weighted by Gasteiger charge is 2.20. The molecule has 82 valence electrons. The summed E-state index contributed by atoms with van der Waals surface area (Å²) in [5.74, 6) is -0.934. The Bertz CT molecular complexity index is 341. The van der Waals surface area contributed by atoms with Crippen LogP contribution in [0.25, 0.3) is 0 Å². The summed E-state index contributed by atoms with van der Waals surface area (Å²) in [6.07, 6.45) is 2.57. The minimum absolute atomic E-state index is 0.0248. The number of carboxylic acid groups (broad SMARTS) is 1. The summed E-state index contributed by atoms with van der Waals surface area (Å²) in [5.41, 5.74) is 0.0248. The second-order valence-corrected chi connectivity index (χ2v) is 4.86. The number of carbonyl (C=O) groups is 1. The lowest BCUT2D eigenvalue weighted by Crippen LogP contribution is -2.29. The highest BCUT2D eigenvalue weighted by Crippen LogP contribution is 2.26. The molecule has 0 spiro atoms. The Morgan fingerprint density at radius 2 is 2.40 bits per heavy atom. The maximum absolute atomic E-state index is 10.2. The third kappa shape index (κ3) is 3.75. The van der Waals surface area contributed by atoms with E-state index < -0.39 is 5.97 Å². The third-order valence-electron chi connectivity index (χ3n) is 2.08. The second kappa shape index (κ2) is 4.98. The van der Waals surface area contributed by atoms with Gasteiger partial charge in [-0.3, -0.25) is 0 Å². The number of aliphatic carboxylic acids is 1. The summed E-state index contributed by atoms with van der Waals surface area (Å²) in [7, 11) is 0. The molecule has 0 aliphatic carbocycles. The van der Waals surface area contributed by atoms with Gasteiger partial charge < -0.3 is 10.4 Å². The van der Waals surface area contributed by atoms with Crippen molar-refractivity contribution >= 4 is 17.3 Å². The topological polar surface area (TPSA) is 49.3 Å². The Labute approximate surface area is 93.4 Å². The Kier molecular flexibility index (Phi) is 3.91. The zero-order valence-corrected chi connectivity index (χ0v) is 9.67. The van der Waals surface area contributed by atoms with Crippen LogP contribution >= 0.6 is 11.3 Å². The second-order valence-electron chi connectivity index (χ2n) is 3.91. The molecule has 1 aromatic rings. The predicted molar refractivity (Wildman–Crippen MR) is 62.1 cm³/mol. The van der Waals surface area contributed by atoms with Crippen molar-refractivity contribution in [3.05, 3.63) is 34.7 Å². The molecule has 1 heterocycles. The molecular weight excluding hydrogens is 210 g/mol. The molecule has 0 unspecified atom stereocenters. The van der Waals surface area contributed by atoms with Crippen LogP contribution in [0.4, 0.5) is 0 Å². The molecule has 0 fully saturated rings. The summed E-state index contributed by atoms with van der Waals surface area (Å²) < 4.78 is 0. The number of thiophene rings is 1. The van der Waals surface area contributed by atoms with E-state index in [1.54, 1.807) is 11.3 Å². The quantitative estimate of drug-likeness (QED) is 0.755. The molecule has 4 heteroatoms. The van der Waals surface area contributed by atoms with Crippen LogP contribution in [-0.2, 0) is 10.2 Å². The van der Waals surface area contributed by atoms with Gasteiger partial charge in [-0.1, -0.05) is 19.9 Å². The third-order valence-corrected chi connectivity index (χ3v) is 3.31. The molecule has 15 heavy (non-hydrogen) atoms. The lowest BCUT2D eigenvalue weighted by atomic mass is 9.91. The number of rotatable bonds is 5. The molecule has 0 saturated heterocycles. The van der Waals surface area contributed by atoms with Crippen molar-refractivity contribution in [1.82, 2.24) is 5.32 Å². The molecular formula is C11H15NO2S. The number of nitrogens with one attached hydrogen (secondary N) is 1. The first-order valence-corrected chi connectivity index (χ1v) is 5.57. The number of hydrogen-bond acceptors (Lipinski definition) is 3. The van der Waals surface area contributed by atoms with Gasteiger partial charge in [-0.05, 0) is 11.4 Å². The van der Waals surface area contributed by atoms with Gasteiger partial charge in [0.15, 0.2) is 0 Å². The largest absolute Gasteiger partial charge is 0.478 e. The van der Waals surface area contributed by atoms with Crippen molar-refractivity contribution in [2.75, 3.05) is 6.54 Å². The van der Waals surface area contributed by atoms with Crippen LogP contribution in [0.5, 0.6) is 0 Å². The van der Waals surface area contributed by atoms with E-state index in [4.69, 9.17) is 5.11 Å². The van der Waals surface area contributed by atoms with Gasteiger partial charge >= 0.3 is 5.97 Å².